The molecule has 1 saturated carbocycles. The van der Waals surface area contributed by atoms with E-state index in [1.807, 2.05) is 24.3 Å². The molecule has 0 unspecified atom stereocenters. The highest BCUT2D eigenvalue weighted by Crippen LogP contribution is 2.29. The highest BCUT2D eigenvalue weighted by molar-refractivity contribution is 7.71. The first-order valence-corrected chi connectivity index (χ1v) is 8.57. The molecule has 25 heavy (non-hydrogen) atoms. The van der Waals surface area contributed by atoms with Crippen LogP contribution in [-0.4, -0.2) is 25.7 Å². The lowest BCUT2D eigenvalue weighted by Gasteiger charge is -2.21. The van der Waals surface area contributed by atoms with E-state index in [1.54, 1.807) is 17.1 Å². The van der Waals surface area contributed by atoms with E-state index in [0.717, 1.165) is 30.5 Å². The fraction of sp³-hybridized carbons (Fsp3) is 0.278. The Kier molecular flexibility index (Phi) is 4.42. The summed E-state index contributed by atoms with van der Waals surface area (Å²) in [5.41, 5.74) is 1.91. The predicted octanol–water partition coefficient (Wildman–Crippen LogP) is 4.03. The minimum absolute atomic E-state index is 0.220. The van der Waals surface area contributed by atoms with Crippen molar-refractivity contribution in [2.24, 2.45) is 0 Å². The van der Waals surface area contributed by atoms with Crippen LogP contribution < -0.4 is 0 Å². The summed E-state index contributed by atoms with van der Waals surface area (Å²) >= 11 is 5.32. The third-order valence-electron chi connectivity index (χ3n) is 4.21. The maximum absolute atomic E-state index is 13.1. The molecule has 4 rings (SSSR count). The van der Waals surface area contributed by atoms with Crippen molar-refractivity contribution in [1.29, 1.82) is 0 Å². The standard InChI is InChI=1S/C18H17FN4OS/c19-15-3-1-13(2-4-15)11-22(16-5-6-16)12-23-18(25)24-17(21-23)14-7-9-20-10-8-14/h1-4,7-10,16H,5-6,11-12H2. The van der Waals surface area contributed by atoms with Crippen LogP contribution in [-0.2, 0) is 13.2 Å². The Morgan fingerprint density at radius 1 is 1.16 bits per heavy atom. The van der Waals surface area contributed by atoms with Crippen LogP contribution in [0.15, 0.2) is 53.2 Å². The topological polar surface area (TPSA) is 47.1 Å². The zero-order chi connectivity index (χ0) is 17.2. The predicted molar refractivity (Wildman–Crippen MR) is 93.5 cm³/mol. The molecule has 1 aliphatic rings. The molecule has 1 aliphatic carbocycles. The summed E-state index contributed by atoms with van der Waals surface area (Å²) in [5.74, 6) is 0.271. The molecule has 0 atom stereocenters. The molecular formula is C18H17FN4OS. The summed E-state index contributed by atoms with van der Waals surface area (Å²) in [4.78, 5) is 6.63. The lowest BCUT2D eigenvalue weighted by atomic mass is 10.2. The largest absolute Gasteiger partial charge is 0.409 e. The van der Waals surface area contributed by atoms with Gasteiger partial charge in [0.05, 0.1) is 6.67 Å². The molecule has 128 valence electrons. The van der Waals surface area contributed by atoms with E-state index >= 15 is 0 Å². The minimum Gasteiger partial charge on any atom is -0.409 e. The number of pyridine rings is 1. The van der Waals surface area contributed by atoms with E-state index in [-0.39, 0.29) is 5.82 Å². The van der Waals surface area contributed by atoms with Crippen LogP contribution in [0.2, 0.25) is 0 Å². The Balaban J connectivity index is 1.54. The first-order chi connectivity index (χ1) is 12.2. The molecule has 1 aromatic carbocycles. The normalized spacial score (nSPS) is 14.2. The number of nitrogens with zero attached hydrogens (tertiary/aromatic N) is 4. The smallest absolute Gasteiger partial charge is 0.288 e. The highest BCUT2D eigenvalue weighted by Gasteiger charge is 2.29. The van der Waals surface area contributed by atoms with Crippen LogP contribution >= 0.6 is 12.2 Å². The number of rotatable bonds is 6. The maximum Gasteiger partial charge on any atom is 0.288 e. The Labute approximate surface area is 149 Å². The monoisotopic (exact) mass is 356 g/mol. The van der Waals surface area contributed by atoms with Crippen molar-refractivity contribution in [3.63, 3.8) is 0 Å². The van der Waals surface area contributed by atoms with Gasteiger partial charge in [0.15, 0.2) is 0 Å². The average molecular weight is 356 g/mol. The van der Waals surface area contributed by atoms with Crippen molar-refractivity contribution >= 4 is 12.2 Å². The van der Waals surface area contributed by atoms with Crippen LogP contribution in [0, 0.1) is 10.7 Å². The first-order valence-electron chi connectivity index (χ1n) is 8.16. The fourth-order valence-corrected chi connectivity index (χ4v) is 2.91. The molecular weight excluding hydrogens is 339 g/mol. The van der Waals surface area contributed by atoms with E-state index in [2.05, 4.69) is 15.0 Å². The van der Waals surface area contributed by atoms with Crippen LogP contribution in [0.25, 0.3) is 11.5 Å². The van der Waals surface area contributed by atoms with Gasteiger partial charge in [0.2, 0.25) is 5.89 Å². The van der Waals surface area contributed by atoms with Gasteiger partial charge in [-0.3, -0.25) is 9.88 Å². The molecule has 0 amide bonds. The molecule has 5 nitrogen and oxygen atoms in total. The second kappa shape index (κ2) is 6.85. The van der Waals surface area contributed by atoms with Crippen molar-refractivity contribution in [2.75, 3.05) is 0 Å². The van der Waals surface area contributed by atoms with Gasteiger partial charge >= 0.3 is 0 Å². The molecule has 2 aromatic heterocycles. The van der Waals surface area contributed by atoms with E-state index in [1.165, 1.54) is 12.1 Å². The maximum atomic E-state index is 13.1. The Bertz CT molecular complexity index is 903. The van der Waals surface area contributed by atoms with Gasteiger partial charge in [-0.2, -0.15) is 0 Å². The zero-order valence-corrected chi connectivity index (χ0v) is 14.3. The minimum atomic E-state index is -0.220. The van der Waals surface area contributed by atoms with Gasteiger partial charge in [0.25, 0.3) is 4.84 Å². The zero-order valence-electron chi connectivity index (χ0n) is 13.5. The number of benzene rings is 1. The SMILES string of the molecule is Fc1ccc(CN(Cn2nc(-c3ccncc3)oc2=S)C2CC2)cc1. The van der Waals surface area contributed by atoms with Gasteiger partial charge in [-0.25, -0.2) is 9.07 Å². The molecule has 2 heterocycles. The van der Waals surface area contributed by atoms with Gasteiger partial charge in [-0.1, -0.05) is 12.1 Å². The molecule has 7 heteroatoms. The molecule has 0 spiro atoms. The van der Waals surface area contributed by atoms with Gasteiger partial charge < -0.3 is 4.42 Å². The first kappa shape index (κ1) is 16.1. The van der Waals surface area contributed by atoms with Crippen molar-refractivity contribution in [2.45, 2.75) is 32.1 Å². The second-order valence-corrected chi connectivity index (χ2v) is 6.50. The fourth-order valence-electron chi connectivity index (χ4n) is 2.74. The molecule has 0 saturated heterocycles. The molecule has 0 aliphatic heterocycles. The third kappa shape index (κ3) is 3.83. The van der Waals surface area contributed by atoms with Crippen molar-refractivity contribution in [1.82, 2.24) is 19.7 Å². The van der Waals surface area contributed by atoms with Gasteiger partial charge in [0, 0.05) is 30.5 Å². The van der Waals surface area contributed by atoms with Crippen LogP contribution in [0.3, 0.4) is 0 Å². The average Bonchev–Trinajstić information content (AvgIpc) is 3.41. The quantitative estimate of drug-likeness (QED) is 0.624. The highest BCUT2D eigenvalue weighted by atomic mass is 32.1. The van der Waals surface area contributed by atoms with E-state index in [9.17, 15) is 4.39 Å². The summed E-state index contributed by atoms with van der Waals surface area (Å²) in [6.45, 7) is 1.28. The lowest BCUT2D eigenvalue weighted by molar-refractivity contribution is 0.184. The summed E-state index contributed by atoms with van der Waals surface area (Å²) in [6.07, 6.45) is 5.70. The van der Waals surface area contributed by atoms with Crippen LogP contribution in [0.5, 0.6) is 0 Å². The Morgan fingerprint density at radius 3 is 2.56 bits per heavy atom. The van der Waals surface area contributed by atoms with Gasteiger partial charge in [-0.05, 0) is 54.9 Å². The number of halogens is 1. The molecule has 1 fully saturated rings. The Morgan fingerprint density at radius 2 is 1.88 bits per heavy atom. The van der Waals surface area contributed by atoms with Crippen LogP contribution in [0.4, 0.5) is 4.39 Å². The summed E-state index contributed by atoms with van der Waals surface area (Å²) in [6, 6.07) is 10.8. The van der Waals surface area contributed by atoms with E-state index in [4.69, 9.17) is 16.6 Å². The number of aromatic nitrogens is 3. The molecule has 0 N–H and O–H groups in total. The second-order valence-electron chi connectivity index (χ2n) is 6.15. The van der Waals surface area contributed by atoms with E-state index in [0.29, 0.717) is 23.4 Å². The van der Waals surface area contributed by atoms with Crippen molar-refractivity contribution in [3.05, 3.63) is 65.0 Å². The molecule has 3 aromatic rings. The third-order valence-corrected chi connectivity index (χ3v) is 4.51. The molecule has 0 bridgehead atoms. The van der Waals surface area contributed by atoms with Gasteiger partial charge in [-0.15, -0.1) is 5.10 Å². The lowest BCUT2D eigenvalue weighted by Crippen LogP contribution is -2.28. The van der Waals surface area contributed by atoms with Crippen molar-refractivity contribution < 1.29 is 8.81 Å². The number of hydrogen-bond acceptors (Lipinski definition) is 5. The summed E-state index contributed by atoms with van der Waals surface area (Å²) in [5, 5.41) is 4.50. The summed E-state index contributed by atoms with van der Waals surface area (Å²) < 4.78 is 20.4. The van der Waals surface area contributed by atoms with Gasteiger partial charge in [0.1, 0.15) is 5.82 Å². The van der Waals surface area contributed by atoms with Crippen LogP contribution in [0.1, 0.15) is 18.4 Å². The van der Waals surface area contributed by atoms with E-state index < -0.39 is 0 Å². The number of hydrogen-bond donors (Lipinski definition) is 0. The Hall–Kier alpha value is -2.38. The van der Waals surface area contributed by atoms with Crippen molar-refractivity contribution in [3.8, 4) is 11.5 Å². The molecule has 0 radical (unpaired) electrons. The summed E-state index contributed by atoms with van der Waals surface area (Å²) in [7, 11) is 0.